The minimum atomic E-state index is -1.10. The molecule has 3 aliphatic rings. The minimum Gasteiger partial charge on any atom is -0.466 e. The van der Waals surface area contributed by atoms with Crippen LogP contribution < -0.4 is 5.32 Å². The van der Waals surface area contributed by atoms with Crippen molar-refractivity contribution in [3.8, 4) is 0 Å². The van der Waals surface area contributed by atoms with Gasteiger partial charge in [0.1, 0.15) is 17.6 Å². The van der Waals surface area contributed by atoms with E-state index in [1.54, 1.807) is 6.92 Å². The van der Waals surface area contributed by atoms with Crippen LogP contribution in [0.15, 0.2) is 0 Å². The smallest absolute Gasteiger partial charge is 0.312 e. The van der Waals surface area contributed by atoms with Gasteiger partial charge in [0.05, 0.1) is 30.8 Å². The van der Waals surface area contributed by atoms with Crippen molar-refractivity contribution >= 4 is 17.8 Å². The Morgan fingerprint density at radius 1 is 1.31 bits per heavy atom. The van der Waals surface area contributed by atoms with Crippen LogP contribution in [0.4, 0.5) is 0 Å². The molecule has 7 atom stereocenters. The molecule has 3 heterocycles. The molecule has 0 aromatic heterocycles. The van der Waals surface area contributed by atoms with Gasteiger partial charge in [-0.15, -0.1) is 0 Å². The van der Waals surface area contributed by atoms with Gasteiger partial charge in [-0.25, -0.2) is 0 Å². The summed E-state index contributed by atoms with van der Waals surface area (Å²) in [5, 5.41) is 13.2. The highest BCUT2D eigenvalue weighted by Gasteiger charge is 2.80. The molecular weight excluding hydrogens is 412 g/mol. The summed E-state index contributed by atoms with van der Waals surface area (Å²) in [6, 6.07) is -1.42. The van der Waals surface area contributed by atoms with Crippen LogP contribution >= 0.6 is 0 Å². The van der Waals surface area contributed by atoms with Crippen LogP contribution in [0.1, 0.15) is 67.2 Å². The molecule has 182 valence electrons. The molecule has 3 aliphatic heterocycles. The van der Waals surface area contributed by atoms with Crippen molar-refractivity contribution in [2.75, 3.05) is 19.8 Å². The molecule has 0 aromatic carbocycles. The molecule has 1 spiro atoms. The number of amides is 2. The van der Waals surface area contributed by atoms with Gasteiger partial charge in [-0.1, -0.05) is 40.5 Å². The molecule has 0 saturated carbocycles. The number of nitrogens with zero attached hydrogens (tertiary/aromatic N) is 1. The molecule has 3 rings (SSSR count). The number of hydrogen-bond acceptors (Lipinski definition) is 6. The average molecular weight is 453 g/mol. The summed E-state index contributed by atoms with van der Waals surface area (Å²) in [5.41, 5.74) is -1.97. The Kier molecular flexibility index (Phi) is 7.25. The third-order valence-corrected chi connectivity index (χ3v) is 7.93. The largest absolute Gasteiger partial charge is 0.466 e. The first-order chi connectivity index (χ1) is 15.1. The van der Waals surface area contributed by atoms with Crippen LogP contribution in [0.3, 0.4) is 0 Å². The second kappa shape index (κ2) is 9.29. The summed E-state index contributed by atoms with van der Waals surface area (Å²) in [6.07, 6.45) is 3.40. The zero-order valence-electron chi connectivity index (χ0n) is 20.3. The van der Waals surface area contributed by atoms with Crippen molar-refractivity contribution in [1.82, 2.24) is 10.2 Å². The van der Waals surface area contributed by atoms with E-state index in [4.69, 9.17) is 9.47 Å². The van der Waals surface area contributed by atoms with Gasteiger partial charge in [-0.2, -0.15) is 0 Å². The molecular formula is C24H40N2O6. The summed E-state index contributed by atoms with van der Waals surface area (Å²) < 4.78 is 12.0. The quantitative estimate of drug-likeness (QED) is 0.387. The maximum atomic E-state index is 13.9. The van der Waals surface area contributed by atoms with E-state index in [0.717, 1.165) is 19.3 Å². The van der Waals surface area contributed by atoms with E-state index >= 15 is 0 Å². The Hall–Kier alpha value is -1.67. The van der Waals surface area contributed by atoms with Crippen LogP contribution in [0.2, 0.25) is 0 Å². The van der Waals surface area contributed by atoms with Gasteiger partial charge in [0.2, 0.25) is 11.8 Å². The Morgan fingerprint density at radius 3 is 2.56 bits per heavy atom. The lowest BCUT2D eigenvalue weighted by Gasteiger charge is -2.38. The monoisotopic (exact) mass is 452 g/mol. The normalized spacial score (nSPS) is 36.5. The van der Waals surface area contributed by atoms with E-state index in [-0.39, 0.29) is 36.9 Å². The van der Waals surface area contributed by atoms with Crippen molar-refractivity contribution in [1.29, 1.82) is 0 Å². The number of hydrogen-bond donors (Lipinski definition) is 2. The molecule has 0 aliphatic carbocycles. The topological polar surface area (TPSA) is 105 Å². The summed E-state index contributed by atoms with van der Waals surface area (Å²) in [4.78, 5) is 42.0. The highest BCUT2D eigenvalue weighted by Crippen LogP contribution is 2.65. The third-order valence-electron chi connectivity index (χ3n) is 7.93. The first-order valence-electron chi connectivity index (χ1n) is 12.2. The number of aliphatic hydroxyl groups excluding tert-OH is 1. The summed E-state index contributed by atoms with van der Waals surface area (Å²) in [7, 11) is 0. The molecule has 3 fully saturated rings. The molecule has 32 heavy (non-hydrogen) atoms. The second-order valence-electron chi connectivity index (χ2n) is 10.2. The zero-order valence-corrected chi connectivity index (χ0v) is 20.3. The van der Waals surface area contributed by atoms with Crippen molar-refractivity contribution in [3.63, 3.8) is 0 Å². The second-order valence-corrected chi connectivity index (χ2v) is 10.2. The fraction of sp³-hybridized carbons (Fsp3) is 0.875. The van der Waals surface area contributed by atoms with Crippen LogP contribution in [0, 0.1) is 23.7 Å². The SMILES string of the molecule is CCCCCNC(=O)C1N([C@@H](CO)C(C)C)C(=O)[C@@H]2[C@H](C(=O)OCC)[C@@]3(C)OC12CC3C. The van der Waals surface area contributed by atoms with Gasteiger partial charge in [0.15, 0.2) is 0 Å². The number of carbonyl (C=O) groups is 3. The lowest BCUT2D eigenvalue weighted by atomic mass is 9.62. The first kappa shape index (κ1) is 25.0. The molecule has 8 nitrogen and oxygen atoms in total. The number of aliphatic hydroxyl groups is 1. The third kappa shape index (κ3) is 3.63. The van der Waals surface area contributed by atoms with Gasteiger partial charge in [-0.3, -0.25) is 14.4 Å². The maximum absolute atomic E-state index is 13.9. The van der Waals surface area contributed by atoms with E-state index in [2.05, 4.69) is 12.2 Å². The van der Waals surface area contributed by atoms with E-state index in [9.17, 15) is 19.5 Å². The Balaban J connectivity index is 2.05. The number of fused-ring (bicyclic) bond motifs is 1. The molecule has 0 radical (unpaired) electrons. The van der Waals surface area contributed by atoms with Gasteiger partial charge >= 0.3 is 5.97 Å². The van der Waals surface area contributed by atoms with Gasteiger partial charge < -0.3 is 24.8 Å². The number of nitrogens with one attached hydrogen (secondary N) is 1. The fourth-order valence-corrected chi connectivity index (χ4v) is 6.23. The molecule has 3 saturated heterocycles. The molecule has 2 N–H and O–H groups in total. The van der Waals surface area contributed by atoms with E-state index in [1.807, 2.05) is 27.7 Å². The van der Waals surface area contributed by atoms with Crippen LogP contribution in [0.5, 0.6) is 0 Å². The van der Waals surface area contributed by atoms with Crippen LogP contribution in [0.25, 0.3) is 0 Å². The Bertz CT molecular complexity index is 742. The Morgan fingerprint density at radius 2 is 2.00 bits per heavy atom. The number of ether oxygens (including phenoxy) is 2. The van der Waals surface area contributed by atoms with E-state index in [1.165, 1.54) is 4.90 Å². The van der Waals surface area contributed by atoms with Crippen LogP contribution in [-0.4, -0.2) is 70.8 Å². The van der Waals surface area contributed by atoms with Crippen molar-refractivity contribution in [3.05, 3.63) is 0 Å². The fourth-order valence-electron chi connectivity index (χ4n) is 6.23. The zero-order chi connectivity index (χ0) is 23.8. The lowest BCUT2D eigenvalue weighted by molar-refractivity contribution is -0.162. The van der Waals surface area contributed by atoms with Gasteiger partial charge in [-0.05, 0) is 38.5 Å². The van der Waals surface area contributed by atoms with E-state index in [0.29, 0.717) is 13.0 Å². The van der Waals surface area contributed by atoms with E-state index < -0.39 is 41.1 Å². The molecule has 2 amide bonds. The number of esters is 1. The maximum Gasteiger partial charge on any atom is 0.312 e. The first-order valence-corrected chi connectivity index (χ1v) is 12.2. The molecule has 3 unspecified atom stereocenters. The molecule has 2 bridgehead atoms. The highest BCUT2D eigenvalue weighted by atomic mass is 16.6. The molecule has 8 heteroatoms. The molecule has 0 aromatic rings. The van der Waals surface area contributed by atoms with Crippen molar-refractivity contribution in [2.45, 2.75) is 90.5 Å². The summed E-state index contributed by atoms with van der Waals surface area (Å²) in [6.45, 7) is 12.0. The lowest BCUT2D eigenvalue weighted by Crippen LogP contribution is -2.59. The minimum absolute atomic E-state index is 0.0251. The Labute approximate surface area is 191 Å². The average Bonchev–Trinajstić information content (AvgIpc) is 3.23. The number of unbranched alkanes of at least 4 members (excludes halogenated alkanes) is 2. The van der Waals surface area contributed by atoms with Crippen molar-refractivity contribution in [2.24, 2.45) is 23.7 Å². The standard InChI is InChI=1S/C24H40N2O6/c1-7-9-10-11-25-20(28)19-24-12-15(5)23(6,32-24)18(22(30)31-8-2)17(24)21(29)26(19)16(13-27)14(3)4/h14-19,27H,7-13H2,1-6H3,(H,25,28)/t15?,16-,17-,18+,19?,23-,24?/m0/s1. The number of carbonyl (C=O) groups excluding carboxylic acids is 3. The summed E-state index contributed by atoms with van der Waals surface area (Å²) in [5.74, 6) is -2.66. The van der Waals surface area contributed by atoms with Gasteiger partial charge in [0.25, 0.3) is 0 Å². The van der Waals surface area contributed by atoms with Gasteiger partial charge in [0, 0.05) is 6.54 Å². The van der Waals surface area contributed by atoms with Crippen molar-refractivity contribution < 1.29 is 29.0 Å². The predicted octanol–water partition coefficient (Wildman–Crippen LogP) is 1.88. The predicted molar refractivity (Wildman–Crippen MR) is 118 cm³/mol. The number of rotatable bonds is 10. The number of likely N-dealkylation sites (tertiary alicyclic amines) is 1. The summed E-state index contributed by atoms with van der Waals surface area (Å²) >= 11 is 0. The van der Waals surface area contributed by atoms with Crippen LogP contribution in [-0.2, 0) is 23.9 Å². The highest BCUT2D eigenvalue weighted by molar-refractivity contribution is 5.98.